The number of anilines is 3. The lowest BCUT2D eigenvalue weighted by Crippen LogP contribution is -2.57. The molecule has 0 saturated carbocycles. The van der Waals surface area contributed by atoms with Gasteiger partial charge in [0.05, 0.1) is 12.8 Å². The Labute approximate surface area is 198 Å². The number of aryl methyl sites for hydroxylation is 1. The molecule has 178 valence electrons. The minimum atomic E-state index is -0.0420. The van der Waals surface area contributed by atoms with Crippen molar-refractivity contribution in [1.29, 1.82) is 0 Å². The first-order valence-corrected chi connectivity index (χ1v) is 12.6. The Morgan fingerprint density at radius 2 is 1.97 bits per heavy atom. The van der Waals surface area contributed by atoms with Crippen LogP contribution in [0.15, 0.2) is 12.3 Å². The van der Waals surface area contributed by atoms with Gasteiger partial charge in [0.1, 0.15) is 22.3 Å². The van der Waals surface area contributed by atoms with Crippen LogP contribution in [0.3, 0.4) is 0 Å². The third-order valence-electron chi connectivity index (χ3n) is 6.87. The van der Waals surface area contributed by atoms with Crippen molar-refractivity contribution in [3.8, 4) is 0 Å². The van der Waals surface area contributed by atoms with E-state index in [-0.39, 0.29) is 18.6 Å². The minimum absolute atomic E-state index is 0.0420. The number of carbonyl (C=O) groups is 1. The van der Waals surface area contributed by atoms with Gasteiger partial charge >= 0.3 is 0 Å². The quantitative estimate of drug-likeness (QED) is 0.542. The number of β-amino-alcohol motifs (C(OH)–C–C–N with tert-alkyl or cyclic N) is 1. The Morgan fingerprint density at radius 1 is 1.18 bits per heavy atom. The number of aliphatic hydroxyl groups excluding tert-OH is 1. The van der Waals surface area contributed by atoms with Gasteiger partial charge in [-0.05, 0) is 38.8 Å². The summed E-state index contributed by atoms with van der Waals surface area (Å²) in [6.07, 6.45) is 3.98. The largest absolute Gasteiger partial charge is 0.395 e. The molecule has 0 spiro atoms. The van der Waals surface area contributed by atoms with Gasteiger partial charge in [0.15, 0.2) is 5.13 Å². The number of aliphatic hydroxyl groups is 1. The van der Waals surface area contributed by atoms with Crippen LogP contribution in [0.5, 0.6) is 0 Å². The lowest BCUT2D eigenvalue weighted by molar-refractivity contribution is 0.0622. The Balaban J connectivity index is 1.21. The van der Waals surface area contributed by atoms with Gasteiger partial charge in [-0.1, -0.05) is 11.3 Å². The summed E-state index contributed by atoms with van der Waals surface area (Å²) in [4.78, 5) is 33.9. The van der Waals surface area contributed by atoms with Crippen molar-refractivity contribution in [3.05, 3.63) is 23.0 Å². The molecule has 4 saturated heterocycles. The fraction of sp³-hybridized carbons (Fsp3) is 0.636. The van der Waals surface area contributed by atoms with Gasteiger partial charge in [-0.25, -0.2) is 15.0 Å². The molecule has 11 heteroatoms. The van der Waals surface area contributed by atoms with Crippen LogP contribution in [0.2, 0.25) is 0 Å². The van der Waals surface area contributed by atoms with Gasteiger partial charge < -0.3 is 25.5 Å². The maximum Gasteiger partial charge on any atom is 0.263 e. The third kappa shape index (κ3) is 5.26. The summed E-state index contributed by atoms with van der Waals surface area (Å²) in [5.41, 5.74) is 0. The molecule has 1 unspecified atom stereocenters. The maximum atomic E-state index is 12.8. The number of hydrogen-bond donors (Lipinski definition) is 3. The van der Waals surface area contributed by atoms with Crippen LogP contribution in [-0.4, -0.2) is 101 Å². The monoisotopic (exact) mass is 472 g/mol. The Hall–Kier alpha value is -2.34. The predicted octanol–water partition coefficient (Wildman–Crippen LogP) is 0.923. The second-order valence-electron chi connectivity index (χ2n) is 9.08. The van der Waals surface area contributed by atoms with Gasteiger partial charge in [-0.3, -0.25) is 9.69 Å². The van der Waals surface area contributed by atoms with Gasteiger partial charge in [-0.2, -0.15) is 0 Å². The summed E-state index contributed by atoms with van der Waals surface area (Å²) in [6.45, 7) is 9.57. The Morgan fingerprint density at radius 3 is 2.67 bits per heavy atom. The molecule has 4 aliphatic rings. The highest BCUT2D eigenvalue weighted by molar-refractivity contribution is 7.17. The number of aromatic nitrogens is 3. The maximum absolute atomic E-state index is 12.8. The summed E-state index contributed by atoms with van der Waals surface area (Å²) in [6, 6.07) is 2.17. The highest BCUT2D eigenvalue weighted by Crippen LogP contribution is 2.29. The van der Waals surface area contributed by atoms with E-state index < -0.39 is 0 Å². The van der Waals surface area contributed by atoms with Crippen LogP contribution in [0, 0.1) is 12.8 Å². The van der Waals surface area contributed by atoms with Gasteiger partial charge in [0.2, 0.25) is 0 Å². The predicted molar refractivity (Wildman–Crippen MR) is 128 cm³/mol. The zero-order chi connectivity index (χ0) is 22.8. The number of nitrogens with one attached hydrogen (secondary N) is 2. The standard InChI is InChI=1S/C22H32N8O2S/c1-15-24-19(12-20(25-15)30-8-6-28(7-9-30)10-11-31)27-22-23-13-18(33-22)21(32)26-17-14-29-4-2-16(17)3-5-29/h12-13,16-17,31H,2-11,14H2,1H3,(H,26,32)(H,23,24,25,27). The molecule has 10 nitrogen and oxygen atoms in total. The van der Waals surface area contributed by atoms with Crippen molar-refractivity contribution in [3.63, 3.8) is 0 Å². The van der Waals surface area contributed by atoms with E-state index in [1.807, 2.05) is 13.0 Å². The first kappa shape index (κ1) is 22.5. The molecule has 2 bridgehead atoms. The molecule has 33 heavy (non-hydrogen) atoms. The summed E-state index contributed by atoms with van der Waals surface area (Å²) >= 11 is 1.35. The molecule has 6 rings (SSSR count). The average Bonchev–Trinajstić information content (AvgIpc) is 3.29. The number of nitrogens with zero attached hydrogens (tertiary/aromatic N) is 6. The van der Waals surface area contributed by atoms with E-state index in [1.54, 1.807) is 6.20 Å². The number of amides is 1. The number of thiazole rings is 1. The van der Waals surface area contributed by atoms with Crippen molar-refractivity contribution in [2.75, 3.05) is 69.2 Å². The van der Waals surface area contributed by atoms with Crippen LogP contribution in [-0.2, 0) is 0 Å². The number of fused-ring (bicyclic) bond motifs is 3. The molecule has 1 amide bonds. The molecule has 4 aliphatic heterocycles. The molecule has 3 N–H and O–H groups in total. The number of carbonyl (C=O) groups excluding carboxylic acids is 1. The van der Waals surface area contributed by atoms with E-state index in [0.717, 1.165) is 51.6 Å². The van der Waals surface area contributed by atoms with Gasteiger partial charge in [0.25, 0.3) is 5.91 Å². The molecule has 2 aromatic rings. The minimum Gasteiger partial charge on any atom is -0.395 e. The summed E-state index contributed by atoms with van der Waals surface area (Å²) < 4.78 is 0. The Kier molecular flexibility index (Phi) is 6.72. The van der Waals surface area contributed by atoms with Crippen LogP contribution in [0.1, 0.15) is 28.3 Å². The number of piperazine rings is 1. The topological polar surface area (TPSA) is 110 Å². The van der Waals surface area contributed by atoms with E-state index >= 15 is 0 Å². The summed E-state index contributed by atoms with van der Waals surface area (Å²) in [5.74, 6) is 2.79. The number of piperidine rings is 3. The van der Waals surface area contributed by atoms with Crippen LogP contribution < -0.4 is 15.5 Å². The zero-order valence-corrected chi connectivity index (χ0v) is 19.9. The molecule has 0 aromatic carbocycles. The number of hydrogen-bond acceptors (Lipinski definition) is 10. The smallest absolute Gasteiger partial charge is 0.263 e. The molecular weight excluding hydrogens is 440 g/mol. The summed E-state index contributed by atoms with van der Waals surface area (Å²) in [5, 5.41) is 16.3. The molecule has 2 aromatic heterocycles. The van der Waals surface area contributed by atoms with Crippen LogP contribution >= 0.6 is 11.3 Å². The average molecular weight is 473 g/mol. The highest BCUT2D eigenvalue weighted by atomic mass is 32.1. The molecular formula is C22H32N8O2S. The molecule has 6 heterocycles. The molecule has 0 radical (unpaired) electrons. The molecule has 1 atom stereocenters. The third-order valence-corrected chi connectivity index (χ3v) is 7.79. The van der Waals surface area contributed by atoms with Crippen molar-refractivity contribution in [2.45, 2.75) is 25.8 Å². The lowest BCUT2D eigenvalue weighted by Gasteiger charge is -2.44. The van der Waals surface area contributed by atoms with Crippen LogP contribution in [0.4, 0.5) is 16.8 Å². The SMILES string of the molecule is Cc1nc(Nc2ncc(C(=O)NC3CN4CCC3CC4)s2)cc(N2CCN(CCO)CC2)n1. The van der Waals surface area contributed by atoms with E-state index in [1.165, 1.54) is 24.2 Å². The van der Waals surface area contributed by atoms with Gasteiger partial charge in [-0.15, -0.1) is 0 Å². The van der Waals surface area contributed by atoms with E-state index in [9.17, 15) is 4.79 Å². The van der Waals surface area contributed by atoms with Crippen molar-refractivity contribution >= 4 is 34.0 Å². The normalized spacial score (nSPS) is 25.3. The van der Waals surface area contributed by atoms with E-state index in [4.69, 9.17) is 5.11 Å². The van der Waals surface area contributed by atoms with Crippen molar-refractivity contribution in [2.24, 2.45) is 5.92 Å². The second kappa shape index (κ2) is 9.88. The first-order valence-electron chi connectivity index (χ1n) is 11.8. The highest BCUT2D eigenvalue weighted by Gasteiger charge is 2.35. The fourth-order valence-corrected chi connectivity index (χ4v) is 5.76. The van der Waals surface area contributed by atoms with Crippen molar-refractivity contribution < 1.29 is 9.90 Å². The van der Waals surface area contributed by atoms with Crippen LogP contribution in [0.25, 0.3) is 0 Å². The number of rotatable bonds is 7. The summed E-state index contributed by atoms with van der Waals surface area (Å²) in [7, 11) is 0. The van der Waals surface area contributed by atoms with Gasteiger partial charge in [0, 0.05) is 51.4 Å². The fourth-order valence-electron chi connectivity index (χ4n) is 5.03. The Bertz CT molecular complexity index is 969. The lowest BCUT2D eigenvalue weighted by atomic mass is 9.84. The molecule has 0 aliphatic carbocycles. The molecule has 4 fully saturated rings. The second-order valence-corrected chi connectivity index (χ2v) is 10.1. The van der Waals surface area contributed by atoms with E-state index in [0.29, 0.717) is 34.1 Å². The first-order chi connectivity index (χ1) is 16.1. The zero-order valence-electron chi connectivity index (χ0n) is 19.0. The van der Waals surface area contributed by atoms with Crippen molar-refractivity contribution in [1.82, 2.24) is 30.1 Å². The van der Waals surface area contributed by atoms with E-state index in [2.05, 4.69) is 40.3 Å².